The van der Waals surface area contributed by atoms with Crippen LogP contribution in [0.4, 0.5) is 13.2 Å². The number of ether oxygens (including phenoxy) is 1. The summed E-state index contributed by atoms with van der Waals surface area (Å²) in [5.74, 6) is -1.09. The topological polar surface area (TPSA) is 52.3 Å². The van der Waals surface area contributed by atoms with Crippen LogP contribution in [0.2, 0.25) is 0 Å². The van der Waals surface area contributed by atoms with E-state index in [4.69, 9.17) is 5.73 Å². The van der Waals surface area contributed by atoms with Gasteiger partial charge >= 0.3 is 6.36 Å². The van der Waals surface area contributed by atoms with Crippen LogP contribution in [0.25, 0.3) is 0 Å². The Morgan fingerprint density at radius 1 is 1.27 bits per heavy atom. The summed E-state index contributed by atoms with van der Waals surface area (Å²) < 4.78 is 38.6. The molecule has 3 nitrogen and oxygen atoms in total. The molecule has 1 radical (unpaired) electrons. The summed E-state index contributed by atoms with van der Waals surface area (Å²) in [7, 11) is 0. The fraction of sp³-hybridized carbons (Fsp3) is 0.125. The maximum absolute atomic E-state index is 11.7. The molecule has 0 aliphatic rings. The number of hydrogen-bond donors (Lipinski definition) is 1. The number of primary amides is 1. The standard InChI is InChI=1S/C8H6F3NO2.Y.H2/c9-8(10,11)14-6-3-1-5(2-4-6)7(12)13;;/h1-4H,(H2,12,13);;1H. The maximum Gasteiger partial charge on any atom is 0.573 e. The van der Waals surface area contributed by atoms with Crippen LogP contribution in [0.1, 0.15) is 11.8 Å². The molecule has 0 atom stereocenters. The summed E-state index contributed by atoms with van der Waals surface area (Å²) >= 11 is 0. The third kappa shape index (κ3) is 5.13. The minimum atomic E-state index is -4.73. The minimum absolute atomic E-state index is 0. The largest absolute Gasteiger partial charge is 0.573 e. The van der Waals surface area contributed by atoms with Crippen molar-refractivity contribution in [2.45, 2.75) is 6.36 Å². The van der Waals surface area contributed by atoms with Gasteiger partial charge in [-0.05, 0) is 24.3 Å². The molecular formula is C8H8F3NO2Y. The monoisotopic (exact) mass is 296 g/mol. The second-order valence-electron chi connectivity index (χ2n) is 2.44. The Labute approximate surface area is 110 Å². The molecule has 0 heterocycles. The number of benzene rings is 1. The molecule has 0 aliphatic heterocycles. The van der Waals surface area contributed by atoms with Gasteiger partial charge in [-0.25, -0.2) is 0 Å². The molecule has 1 aromatic carbocycles. The van der Waals surface area contributed by atoms with Crippen molar-refractivity contribution in [3.05, 3.63) is 29.8 Å². The van der Waals surface area contributed by atoms with Crippen molar-refractivity contribution in [3.63, 3.8) is 0 Å². The molecule has 7 heteroatoms. The van der Waals surface area contributed by atoms with Gasteiger partial charge in [0, 0.05) is 39.7 Å². The Kier molecular flexibility index (Phi) is 5.24. The molecule has 0 fully saturated rings. The van der Waals surface area contributed by atoms with E-state index in [0.717, 1.165) is 24.3 Å². The normalized spacial score (nSPS) is 10.3. The fourth-order valence-corrected chi connectivity index (χ4v) is 0.821. The van der Waals surface area contributed by atoms with Crippen LogP contribution >= 0.6 is 0 Å². The zero-order valence-corrected chi connectivity index (χ0v) is 10.3. The van der Waals surface area contributed by atoms with Crippen LogP contribution < -0.4 is 10.5 Å². The number of amides is 1. The number of carbonyl (C=O) groups is 1. The van der Waals surface area contributed by atoms with Crippen molar-refractivity contribution in [1.82, 2.24) is 0 Å². The molecule has 0 spiro atoms. The van der Waals surface area contributed by atoms with Crippen LogP contribution in [-0.4, -0.2) is 12.3 Å². The molecular weight excluding hydrogens is 288 g/mol. The summed E-state index contributed by atoms with van der Waals surface area (Å²) in [6, 6.07) is 4.36. The van der Waals surface area contributed by atoms with Crippen molar-refractivity contribution in [3.8, 4) is 5.75 Å². The van der Waals surface area contributed by atoms with Gasteiger partial charge in [-0.2, -0.15) is 0 Å². The van der Waals surface area contributed by atoms with Gasteiger partial charge in [-0.1, -0.05) is 0 Å². The van der Waals surface area contributed by atoms with E-state index in [1.807, 2.05) is 0 Å². The number of alkyl halides is 3. The Balaban J connectivity index is 0. The van der Waals surface area contributed by atoms with Crippen LogP contribution in [0, 0.1) is 0 Å². The maximum atomic E-state index is 11.7. The third-order valence-electron chi connectivity index (χ3n) is 1.37. The molecule has 1 amide bonds. The minimum Gasteiger partial charge on any atom is -0.406 e. The molecule has 2 N–H and O–H groups in total. The molecule has 0 unspecified atom stereocenters. The molecule has 0 saturated carbocycles. The summed E-state index contributed by atoms with van der Waals surface area (Å²) in [4.78, 5) is 10.6. The first-order chi connectivity index (χ1) is 6.38. The van der Waals surface area contributed by atoms with Gasteiger partial charge in [0.15, 0.2) is 0 Å². The first-order valence-electron chi connectivity index (χ1n) is 3.54. The van der Waals surface area contributed by atoms with E-state index in [-0.39, 0.29) is 45.4 Å². The summed E-state index contributed by atoms with van der Waals surface area (Å²) in [6.45, 7) is 0. The summed E-state index contributed by atoms with van der Waals surface area (Å²) in [6.07, 6.45) is -4.73. The van der Waals surface area contributed by atoms with E-state index in [9.17, 15) is 18.0 Å². The Bertz CT molecular complexity index is 342. The van der Waals surface area contributed by atoms with Gasteiger partial charge in [-0.3, -0.25) is 4.79 Å². The average Bonchev–Trinajstić information content (AvgIpc) is 2.02. The molecule has 0 bridgehead atoms. The van der Waals surface area contributed by atoms with Crippen LogP contribution in [0.5, 0.6) is 5.75 Å². The number of hydrogen-bond acceptors (Lipinski definition) is 2. The second-order valence-corrected chi connectivity index (χ2v) is 2.44. The fourth-order valence-electron chi connectivity index (χ4n) is 0.821. The van der Waals surface area contributed by atoms with Crippen LogP contribution in [0.3, 0.4) is 0 Å². The predicted molar refractivity (Wildman–Crippen MR) is 43.8 cm³/mol. The van der Waals surface area contributed by atoms with Gasteiger partial charge in [-0.15, -0.1) is 13.2 Å². The van der Waals surface area contributed by atoms with E-state index in [2.05, 4.69) is 4.74 Å². The Morgan fingerprint density at radius 3 is 2.07 bits per heavy atom. The molecule has 1 aromatic rings. The third-order valence-corrected chi connectivity index (χ3v) is 1.37. The SMILES string of the molecule is NC(=O)c1ccc(OC(F)(F)F)cc1.[HH].[Y]. The molecule has 0 saturated heterocycles. The van der Waals surface area contributed by atoms with Crippen molar-refractivity contribution < 1.29 is 56.8 Å². The zero-order valence-electron chi connectivity index (χ0n) is 7.41. The van der Waals surface area contributed by atoms with Crippen LogP contribution in [0.15, 0.2) is 24.3 Å². The van der Waals surface area contributed by atoms with Crippen molar-refractivity contribution in [2.24, 2.45) is 5.73 Å². The van der Waals surface area contributed by atoms with Gasteiger partial charge in [0.2, 0.25) is 5.91 Å². The first-order valence-corrected chi connectivity index (χ1v) is 3.54. The number of halogens is 3. The zero-order chi connectivity index (χ0) is 10.8. The molecule has 0 aromatic heterocycles. The van der Waals surface area contributed by atoms with Gasteiger partial charge in [0.1, 0.15) is 5.75 Å². The van der Waals surface area contributed by atoms with E-state index in [0.29, 0.717) is 0 Å². The van der Waals surface area contributed by atoms with Crippen molar-refractivity contribution in [1.29, 1.82) is 0 Å². The average molecular weight is 296 g/mol. The predicted octanol–water partition coefficient (Wildman–Crippen LogP) is 1.93. The second kappa shape index (κ2) is 5.46. The molecule has 81 valence electrons. The number of carbonyl (C=O) groups excluding carboxylic acids is 1. The van der Waals surface area contributed by atoms with E-state index in [1.54, 1.807) is 0 Å². The van der Waals surface area contributed by atoms with Gasteiger partial charge in [0.25, 0.3) is 0 Å². The van der Waals surface area contributed by atoms with E-state index < -0.39 is 12.3 Å². The Hall–Kier alpha value is -0.616. The van der Waals surface area contributed by atoms with Crippen molar-refractivity contribution in [2.75, 3.05) is 0 Å². The van der Waals surface area contributed by atoms with E-state index >= 15 is 0 Å². The quantitative estimate of drug-likeness (QED) is 0.906. The smallest absolute Gasteiger partial charge is 0.406 e. The molecule has 1 rings (SSSR count). The number of nitrogens with two attached hydrogens (primary N) is 1. The van der Waals surface area contributed by atoms with Gasteiger partial charge < -0.3 is 10.5 Å². The van der Waals surface area contributed by atoms with E-state index in [1.165, 1.54) is 0 Å². The Morgan fingerprint density at radius 2 is 1.73 bits per heavy atom. The summed E-state index contributed by atoms with van der Waals surface area (Å²) in [5, 5.41) is 0. The summed E-state index contributed by atoms with van der Waals surface area (Å²) in [5.41, 5.74) is 5.01. The van der Waals surface area contributed by atoms with Crippen LogP contribution in [-0.2, 0) is 32.7 Å². The number of rotatable bonds is 2. The van der Waals surface area contributed by atoms with Crippen molar-refractivity contribution >= 4 is 5.91 Å². The molecule has 0 aliphatic carbocycles. The first kappa shape index (κ1) is 14.4. The van der Waals surface area contributed by atoms with Gasteiger partial charge in [0.05, 0.1) is 0 Å². The molecule has 15 heavy (non-hydrogen) atoms.